The Kier molecular flexibility index (Phi) is 3.99. The number of halogens is 2. The fourth-order valence-corrected chi connectivity index (χ4v) is 4.53. The van der Waals surface area contributed by atoms with Crippen LogP contribution in [0.15, 0.2) is 70.2 Å². The molecule has 30 heavy (non-hydrogen) atoms. The summed E-state index contributed by atoms with van der Waals surface area (Å²) >= 11 is 3.57. The maximum atomic E-state index is 13.5. The largest absolute Gasteiger partial charge is 0.464 e. The van der Waals surface area contributed by atoms with E-state index in [2.05, 4.69) is 22.0 Å². The van der Waals surface area contributed by atoms with E-state index in [4.69, 9.17) is 19.3 Å². The van der Waals surface area contributed by atoms with Crippen molar-refractivity contribution in [1.29, 1.82) is 0 Å². The lowest BCUT2D eigenvalue weighted by atomic mass is 9.96. The van der Waals surface area contributed by atoms with Gasteiger partial charge in [-0.1, -0.05) is 28.1 Å². The van der Waals surface area contributed by atoms with E-state index in [1.165, 1.54) is 12.1 Å². The van der Waals surface area contributed by atoms with E-state index in [0.29, 0.717) is 0 Å². The fourth-order valence-electron chi connectivity index (χ4n) is 4.16. The van der Waals surface area contributed by atoms with E-state index in [-0.39, 0.29) is 18.7 Å². The molecule has 0 saturated heterocycles. The molecule has 0 amide bonds. The van der Waals surface area contributed by atoms with E-state index in [9.17, 15) is 4.39 Å². The van der Waals surface area contributed by atoms with Crippen molar-refractivity contribution < 1.29 is 18.6 Å². The van der Waals surface area contributed by atoms with E-state index in [1.54, 1.807) is 12.1 Å². The van der Waals surface area contributed by atoms with Crippen LogP contribution in [0.25, 0.3) is 0 Å². The molecular weight excluding hydrogens is 451 g/mol. The van der Waals surface area contributed by atoms with Crippen molar-refractivity contribution in [3.8, 4) is 17.2 Å². The summed E-state index contributed by atoms with van der Waals surface area (Å²) in [6.45, 7) is 0.238. The molecule has 0 bridgehead atoms. The van der Waals surface area contributed by atoms with Crippen molar-refractivity contribution >= 4 is 21.6 Å². The van der Waals surface area contributed by atoms with Gasteiger partial charge >= 0.3 is 0 Å². The molecular formula is C23H16BrFN2O3. The van der Waals surface area contributed by atoms with Gasteiger partial charge in [-0.2, -0.15) is 5.10 Å². The second kappa shape index (κ2) is 6.74. The van der Waals surface area contributed by atoms with Crippen molar-refractivity contribution in [2.75, 3.05) is 6.79 Å². The number of rotatable bonds is 2. The first-order chi connectivity index (χ1) is 14.7. The number of ether oxygens (including phenoxy) is 3. The Morgan fingerprint density at radius 3 is 2.60 bits per heavy atom. The zero-order valence-corrected chi connectivity index (χ0v) is 17.3. The molecule has 0 N–H and O–H groups in total. The minimum atomic E-state index is -0.434. The standard InChI is InChI=1S/C23H16BrFN2O3/c24-15-4-8-20-17(10-15)19-11-18(14-3-7-21-22(9-14)29-12-28-21)26-27(19)23(30-20)13-1-5-16(25)6-2-13/h1-10,19,23H,11-12H2/t19-,23+/m0/s1. The molecule has 0 unspecified atom stereocenters. The van der Waals surface area contributed by atoms with Crippen molar-refractivity contribution in [2.24, 2.45) is 5.10 Å². The molecule has 0 spiro atoms. The second-order valence-electron chi connectivity index (χ2n) is 7.42. The number of hydrazone groups is 1. The minimum Gasteiger partial charge on any atom is -0.464 e. The zero-order valence-electron chi connectivity index (χ0n) is 15.7. The van der Waals surface area contributed by atoms with Gasteiger partial charge < -0.3 is 14.2 Å². The molecule has 0 aliphatic carbocycles. The summed E-state index contributed by atoms with van der Waals surface area (Å²) in [5.41, 5.74) is 3.86. The molecule has 150 valence electrons. The smallest absolute Gasteiger partial charge is 0.231 e. The molecule has 7 heteroatoms. The van der Waals surface area contributed by atoms with Crippen LogP contribution in [0.5, 0.6) is 17.2 Å². The molecule has 0 fully saturated rings. The lowest BCUT2D eigenvalue weighted by Crippen LogP contribution is -2.33. The highest BCUT2D eigenvalue weighted by atomic mass is 79.9. The summed E-state index contributed by atoms with van der Waals surface area (Å²) in [6, 6.07) is 18.3. The predicted octanol–water partition coefficient (Wildman–Crippen LogP) is 5.56. The lowest BCUT2D eigenvalue weighted by Gasteiger charge is -2.38. The Hall–Kier alpha value is -3.06. The first kappa shape index (κ1) is 17.8. The SMILES string of the molecule is Fc1ccc([C@H]2Oc3ccc(Br)cc3[C@@H]3CC(c4ccc5c(c4)OCO5)=NN23)cc1. The molecule has 3 aromatic carbocycles. The monoisotopic (exact) mass is 466 g/mol. The number of hydrogen-bond acceptors (Lipinski definition) is 5. The van der Waals surface area contributed by atoms with E-state index in [1.807, 2.05) is 35.3 Å². The van der Waals surface area contributed by atoms with Gasteiger partial charge in [-0.15, -0.1) is 0 Å². The third kappa shape index (κ3) is 2.84. The summed E-state index contributed by atoms with van der Waals surface area (Å²) in [5.74, 6) is 2.02. The van der Waals surface area contributed by atoms with Crippen molar-refractivity contribution in [1.82, 2.24) is 5.01 Å². The molecule has 0 saturated carbocycles. The highest BCUT2D eigenvalue weighted by Gasteiger charge is 2.41. The first-order valence-corrected chi connectivity index (χ1v) is 10.4. The van der Waals surface area contributed by atoms with Crippen molar-refractivity contribution in [2.45, 2.75) is 18.7 Å². The molecule has 2 atom stereocenters. The summed E-state index contributed by atoms with van der Waals surface area (Å²) in [5, 5.41) is 6.91. The maximum absolute atomic E-state index is 13.5. The number of benzene rings is 3. The van der Waals surface area contributed by atoms with Gasteiger partial charge in [0.05, 0.1) is 11.8 Å². The van der Waals surface area contributed by atoms with Crippen molar-refractivity contribution in [3.63, 3.8) is 0 Å². The molecule has 0 aromatic heterocycles. The van der Waals surface area contributed by atoms with Gasteiger partial charge in [0.2, 0.25) is 13.0 Å². The van der Waals surface area contributed by atoms with Crippen LogP contribution in [0.3, 0.4) is 0 Å². The molecule has 5 nitrogen and oxygen atoms in total. The number of nitrogens with zero attached hydrogens (tertiary/aromatic N) is 2. The van der Waals surface area contributed by atoms with Crippen LogP contribution in [0.1, 0.15) is 35.4 Å². The van der Waals surface area contributed by atoms with Crippen molar-refractivity contribution in [3.05, 3.63) is 87.6 Å². The van der Waals surface area contributed by atoms with Gasteiger partial charge in [0, 0.05) is 27.6 Å². The first-order valence-electron chi connectivity index (χ1n) is 9.63. The average molecular weight is 467 g/mol. The van der Waals surface area contributed by atoms with Gasteiger partial charge in [-0.3, -0.25) is 0 Å². The molecule has 0 radical (unpaired) electrons. The third-order valence-electron chi connectivity index (χ3n) is 5.61. The van der Waals surface area contributed by atoms with Crippen LogP contribution < -0.4 is 14.2 Å². The molecule has 3 aliphatic heterocycles. The Morgan fingerprint density at radius 2 is 1.73 bits per heavy atom. The molecule has 3 aliphatic rings. The van der Waals surface area contributed by atoms with Crippen LogP contribution in [0, 0.1) is 5.82 Å². The minimum absolute atomic E-state index is 0.0155. The van der Waals surface area contributed by atoms with Crippen LogP contribution in [-0.4, -0.2) is 17.5 Å². The normalized spacial score (nSPS) is 21.0. The Morgan fingerprint density at radius 1 is 0.933 bits per heavy atom. The molecule has 3 aromatic rings. The summed E-state index contributed by atoms with van der Waals surface area (Å²) < 4.78 is 31.8. The van der Waals surface area contributed by atoms with Gasteiger partial charge in [-0.05, 0) is 48.5 Å². The Labute approximate surface area is 180 Å². The Balaban J connectivity index is 1.43. The van der Waals surface area contributed by atoms with E-state index < -0.39 is 6.23 Å². The Bertz CT molecular complexity index is 1180. The highest BCUT2D eigenvalue weighted by Crippen LogP contribution is 2.48. The maximum Gasteiger partial charge on any atom is 0.231 e. The number of hydrogen-bond donors (Lipinski definition) is 0. The summed E-state index contributed by atoms with van der Waals surface area (Å²) in [7, 11) is 0. The second-order valence-corrected chi connectivity index (χ2v) is 8.33. The van der Waals surface area contributed by atoms with Gasteiger partial charge in [0.1, 0.15) is 11.6 Å². The number of fused-ring (bicyclic) bond motifs is 4. The van der Waals surface area contributed by atoms with E-state index in [0.717, 1.165) is 50.5 Å². The van der Waals surface area contributed by atoms with Gasteiger partial charge in [0.25, 0.3) is 0 Å². The van der Waals surface area contributed by atoms with Crippen LogP contribution in [-0.2, 0) is 0 Å². The lowest BCUT2D eigenvalue weighted by molar-refractivity contribution is -0.0191. The van der Waals surface area contributed by atoms with Crippen LogP contribution in [0.2, 0.25) is 0 Å². The van der Waals surface area contributed by atoms with Gasteiger partial charge in [-0.25, -0.2) is 9.40 Å². The van der Waals surface area contributed by atoms with E-state index >= 15 is 0 Å². The molecule has 3 heterocycles. The third-order valence-corrected chi connectivity index (χ3v) is 6.11. The quantitative estimate of drug-likeness (QED) is 0.495. The predicted molar refractivity (Wildman–Crippen MR) is 112 cm³/mol. The zero-order chi connectivity index (χ0) is 20.2. The molecule has 6 rings (SSSR count). The topological polar surface area (TPSA) is 43.3 Å². The van der Waals surface area contributed by atoms with Crippen LogP contribution >= 0.6 is 15.9 Å². The summed E-state index contributed by atoms with van der Waals surface area (Å²) in [6.07, 6.45) is 0.292. The fraction of sp³-hybridized carbons (Fsp3) is 0.174. The summed E-state index contributed by atoms with van der Waals surface area (Å²) in [4.78, 5) is 0. The average Bonchev–Trinajstić information content (AvgIpc) is 3.41. The van der Waals surface area contributed by atoms with Crippen LogP contribution in [0.4, 0.5) is 4.39 Å². The highest BCUT2D eigenvalue weighted by molar-refractivity contribution is 9.10. The van der Waals surface area contributed by atoms with Gasteiger partial charge in [0.15, 0.2) is 11.5 Å².